The Kier molecular flexibility index (Phi) is 6.17. The number of nitrogens with zero attached hydrogens (tertiary/aromatic N) is 5. The minimum Gasteiger partial charge on any atom is -0.481 e. The monoisotopic (exact) mass is 488 g/mol. The average Bonchev–Trinajstić information content (AvgIpc) is 3.43. The van der Waals surface area contributed by atoms with Crippen molar-refractivity contribution in [3.63, 3.8) is 0 Å². The third-order valence-electron chi connectivity index (χ3n) is 6.62. The summed E-state index contributed by atoms with van der Waals surface area (Å²) >= 11 is 1.68. The van der Waals surface area contributed by atoms with Gasteiger partial charge in [0.05, 0.1) is 22.8 Å². The summed E-state index contributed by atoms with van der Waals surface area (Å²) in [6.07, 6.45) is 5.34. The van der Waals surface area contributed by atoms with Crippen LogP contribution >= 0.6 is 24.2 Å². The predicted molar refractivity (Wildman–Crippen MR) is 128 cm³/mol. The fourth-order valence-electron chi connectivity index (χ4n) is 4.97. The molecule has 3 aliphatic heterocycles. The first-order valence-electron chi connectivity index (χ1n) is 11.0. The Morgan fingerprint density at radius 2 is 1.97 bits per heavy atom. The number of ether oxygens (including phenoxy) is 1. The highest BCUT2D eigenvalue weighted by Gasteiger charge is 2.29. The molecule has 0 amide bonds. The molecule has 6 heterocycles. The van der Waals surface area contributed by atoms with Crippen molar-refractivity contribution in [3.05, 3.63) is 57.0 Å². The van der Waals surface area contributed by atoms with Gasteiger partial charge in [-0.3, -0.25) is 23.7 Å². The third-order valence-corrected chi connectivity index (χ3v) is 7.47. The molecule has 1 saturated heterocycles. The first-order valence-corrected chi connectivity index (χ1v) is 12.0. The topological polar surface area (TPSA) is 94.3 Å². The molecule has 0 aliphatic carbocycles. The third kappa shape index (κ3) is 4.16. The number of likely N-dealkylation sites (tertiary alicyclic amines) is 1. The van der Waals surface area contributed by atoms with E-state index in [0.717, 1.165) is 55.4 Å². The molecule has 11 heteroatoms. The SMILES string of the molecule is Cl.O=c1ccc2ncc(=O)n3c2n1C[C@H]3CN1CCC(NCc2cc3c(cn2)SCO3)CC1. The van der Waals surface area contributed by atoms with Crippen molar-refractivity contribution < 1.29 is 4.74 Å². The lowest BCUT2D eigenvalue weighted by atomic mass is 10.0. The van der Waals surface area contributed by atoms with E-state index in [-0.39, 0.29) is 29.6 Å². The zero-order valence-electron chi connectivity index (χ0n) is 18.0. The summed E-state index contributed by atoms with van der Waals surface area (Å²) in [5.41, 5.74) is 2.13. The number of aromatic nitrogens is 4. The zero-order valence-corrected chi connectivity index (χ0v) is 19.6. The minimum absolute atomic E-state index is 0. The molecule has 33 heavy (non-hydrogen) atoms. The second-order valence-corrected chi connectivity index (χ2v) is 9.56. The number of rotatable bonds is 5. The molecule has 0 saturated carbocycles. The van der Waals surface area contributed by atoms with Gasteiger partial charge in [-0.2, -0.15) is 0 Å². The van der Waals surface area contributed by atoms with E-state index in [4.69, 9.17) is 4.74 Å². The van der Waals surface area contributed by atoms with Crippen LogP contribution in [0.5, 0.6) is 5.75 Å². The quantitative estimate of drug-likeness (QED) is 0.579. The van der Waals surface area contributed by atoms with Gasteiger partial charge in [0.2, 0.25) is 0 Å². The standard InChI is InChI=1S/C22H24N6O3S.ClH/c29-20-2-1-17-22-27(20)12-16(28(22)21(30)10-25-17)11-26-5-3-14(4-6-26)23-8-15-7-18-19(9-24-15)32-13-31-18;/h1-2,7,9-10,14,16,23H,3-6,8,11-13H2;1H/t16-;/m1./s1. The maximum atomic E-state index is 12.5. The molecule has 6 rings (SSSR count). The average molecular weight is 489 g/mol. The maximum Gasteiger partial charge on any atom is 0.270 e. The number of piperidine rings is 1. The lowest BCUT2D eigenvalue weighted by molar-refractivity contribution is 0.171. The van der Waals surface area contributed by atoms with Crippen molar-refractivity contribution in [2.24, 2.45) is 0 Å². The molecule has 1 atom stereocenters. The van der Waals surface area contributed by atoms with Gasteiger partial charge in [0.25, 0.3) is 11.1 Å². The molecule has 3 aromatic heterocycles. The van der Waals surface area contributed by atoms with E-state index >= 15 is 0 Å². The van der Waals surface area contributed by atoms with Crippen LogP contribution in [0, 0.1) is 0 Å². The summed E-state index contributed by atoms with van der Waals surface area (Å²) in [6.45, 7) is 3.94. The van der Waals surface area contributed by atoms with Gasteiger partial charge in [-0.05, 0) is 32.0 Å². The molecule has 0 unspecified atom stereocenters. The summed E-state index contributed by atoms with van der Waals surface area (Å²) in [5, 5.41) is 3.63. The first kappa shape index (κ1) is 22.4. The molecule has 1 fully saturated rings. The minimum atomic E-state index is -0.139. The molecule has 0 bridgehead atoms. The fraction of sp³-hybridized carbons (Fsp3) is 0.455. The second kappa shape index (κ2) is 9.09. The molecule has 1 N–H and O–H groups in total. The van der Waals surface area contributed by atoms with Gasteiger partial charge in [0.1, 0.15) is 22.9 Å². The molecule has 0 spiro atoms. The smallest absolute Gasteiger partial charge is 0.270 e. The van der Waals surface area contributed by atoms with E-state index in [0.29, 0.717) is 29.7 Å². The van der Waals surface area contributed by atoms with E-state index in [1.54, 1.807) is 27.0 Å². The Morgan fingerprint density at radius 1 is 1.12 bits per heavy atom. The molecule has 3 aromatic rings. The van der Waals surface area contributed by atoms with Gasteiger partial charge in [-0.25, -0.2) is 4.98 Å². The molecule has 0 radical (unpaired) electrons. The Bertz CT molecular complexity index is 1300. The molecule has 3 aliphatic rings. The highest BCUT2D eigenvalue weighted by molar-refractivity contribution is 7.99. The molecular formula is C22H25ClN6O3S. The van der Waals surface area contributed by atoms with E-state index in [2.05, 4.69) is 20.2 Å². The van der Waals surface area contributed by atoms with Crippen molar-refractivity contribution in [2.75, 3.05) is 25.6 Å². The Hall–Kier alpha value is -2.40. The lowest BCUT2D eigenvalue weighted by Gasteiger charge is -2.34. The summed E-state index contributed by atoms with van der Waals surface area (Å²) in [6, 6.07) is 5.66. The Morgan fingerprint density at radius 3 is 2.82 bits per heavy atom. The van der Waals surface area contributed by atoms with Crippen molar-refractivity contribution in [2.45, 2.75) is 42.9 Å². The lowest BCUT2D eigenvalue weighted by Crippen LogP contribution is -2.44. The van der Waals surface area contributed by atoms with Gasteiger partial charge in [0.15, 0.2) is 0 Å². The van der Waals surface area contributed by atoms with E-state index < -0.39 is 0 Å². The normalized spacial score (nSPS) is 19.9. The van der Waals surface area contributed by atoms with Gasteiger partial charge < -0.3 is 15.0 Å². The number of halogens is 1. The van der Waals surface area contributed by atoms with Crippen molar-refractivity contribution >= 4 is 35.3 Å². The van der Waals surface area contributed by atoms with E-state index in [9.17, 15) is 9.59 Å². The van der Waals surface area contributed by atoms with Crippen LogP contribution in [0.3, 0.4) is 0 Å². The fourth-order valence-corrected chi connectivity index (χ4v) is 5.67. The predicted octanol–water partition coefficient (Wildman–Crippen LogP) is 1.63. The van der Waals surface area contributed by atoms with Crippen LogP contribution in [0.25, 0.3) is 11.2 Å². The van der Waals surface area contributed by atoms with Gasteiger partial charge >= 0.3 is 0 Å². The number of hydrogen-bond donors (Lipinski definition) is 1. The number of hydrogen-bond acceptors (Lipinski definition) is 8. The number of nitrogens with one attached hydrogen (secondary N) is 1. The van der Waals surface area contributed by atoms with Crippen LogP contribution in [0.4, 0.5) is 0 Å². The summed E-state index contributed by atoms with van der Waals surface area (Å²) in [4.78, 5) is 37.1. The molecular weight excluding hydrogens is 464 g/mol. The van der Waals surface area contributed by atoms with Crippen LogP contribution in [0.1, 0.15) is 24.6 Å². The summed E-state index contributed by atoms with van der Waals surface area (Å²) < 4.78 is 9.05. The van der Waals surface area contributed by atoms with Crippen LogP contribution in [0.2, 0.25) is 0 Å². The van der Waals surface area contributed by atoms with Crippen LogP contribution < -0.4 is 21.2 Å². The number of fused-ring (bicyclic) bond motifs is 1. The summed E-state index contributed by atoms with van der Waals surface area (Å²) in [7, 11) is 0. The number of thioether (sulfide) groups is 1. The van der Waals surface area contributed by atoms with E-state index in [1.807, 2.05) is 12.3 Å². The van der Waals surface area contributed by atoms with Crippen LogP contribution in [-0.4, -0.2) is 55.6 Å². The Balaban J connectivity index is 0.00000228. The molecule has 9 nitrogen and oxygen atoms in total. The first-order chi connectivity index (χ1) is 15.7. The maximum absolute atomic E-state index is 12.5. The largest absolute Gasteiger partial charge is 0.481 e. The van der Waals surface area contributed by atoms with E-state index in [1.165, 1.54) is 12.3 Å². The van der Waals surface area contributed by atoms with Gasteiger partial charge in [-0.1, -0.05) is 11.8 Å². The summed E-state index contributed by atoms with van der Waals surface area (Å²) in [5.74, 6) is 1.61. The van der Waals surface area contributed by atoms with Crippen molar-refractivity contribution in [3.8, 4) is 5.75 Å². The molecule has 0 aromatic carbocycles. The highest BCUT2D eigenvalue weighted by Crippen LogP contribution is 2.35. The highest BCUT2D eigenvalue weighted by atomic mass is 35.5. The number of pyridine rings is 2. The van der Waals surface area contributed by atoms with Crippen LogP contribution in [0.15, 0.2) is 45.1 Å². The Labute approximate surface area is 200 Å². The molecule has 174 valence electrons. The van der Waals surface area contributed by atoms with Crippen LogP contribution in [-0.2, 0) is 13.1 Å². The van der Waals surface area contributed by atoms with Crippen molar-refractivity contribution in [1.82, 2.24) is 29.3 Å². The van der Waals surface area contributed by atoms with Crippen molar-refractivity contribution in [1.29, 1.82) is 0 Å². The van der Waals surface area contributed by atoms with Gasteiger partial charge in [0, 0.05) is 44.0 Å². The zero-order chi connectivity index (χ0) is 21.7. The van der Waals surface area contributed by atoms with Gasteiger partial charge in [-0.15, -0.1) is 12.4 Å². The second-order valence-electron chi connectivity index (χ2n) is 8.60.